The molecule has 6 N–H and O–H groups in total. The SMILES string of the molecule is NC(CSSC(=[Se])C(N)(C=O)C(=O)O)C(=O)O. The van der Waals surface area contributed by atoms with E-state index in [1.54, 1.807) is 0 Å². The Hall–Kier alpha value is -0.381. The zero-order valence-electron chi connectivity index (χ0n) is 8.36. The third kappa shape index (κ3) is 4.78. The Bertz CT molecular complexity index is 353. The van der Waals surface area contributed by atoms with E-state index in [0.29, 0.717) is 0 Å². The van der Waals surface area contributed by atoms with Crippen molar-refractivity contribution >= 4 is 59.1 Å². The molecule has 2 unspecified atom stereocenters. The first kappa shape index (κ1) is 16.6. The zero-order chi connectivity index (χ0) is 13.6. The van der Waals surface area contributed by atoms with Gasteiger partial charge in [-0.2, -0.15) is 0 Å². The monoisotopic (exact) mass is 346 g/mol. The summed E-state index contributed by atoms with van der Waals surface area (Å²) in [6.07, 6.45) is 0.103. The molecule has 0 radical (unpaired) electrons. The number of nitrogens with two attached hydrogens (primary N) is 2. The molecule has 0 bridgehead atoms. The van der Waals surface area contributed by atoms with E-state index in [4.69, 9.17) is 21.7 Å². The fraction of sp³-hybridized carbons (Fsp3) is 0.429. The molecule has 0 aromatic carbocycles. The Balaban J connectivity index is 4.32. The Morgan fingerprint density at radius 1 is 1.47 bits per heavy atom. The van der Waals surface area contributed by atoms with E-state index < -0.39 is 23.5 Å². The van der Waals surface area contributed by atoms with Gasteiger partial charge in [-0.15, -0.1) is 0 Å². The molecule has 7 nitrogen and oxygen atoms in total. The van der Waals surface area contributed by atoms with E-state index in [0.717, 1.165) is 21.6 Å². The Labute approximate surface area is 112 Å². The second-order valence-electron chi connectivity index (χ2n) is 2.89. The van der Waals surface area contributed by atoms with Gasteiger partial charge >= 0.3 is 113 Å². The number of aldehydes is 1. The summed E-state index contributed by atoms with van der Waals surface area (Å²) in [4.78, 5) is 31.8. The van der Waals surface area contributed by atoms with Gasteiger partial charge in [-0.25, -0.2) is 0 Å². The van der Waals surface area contributed by atoms with E-state index >= 15 is 0 Å². The van der Waals surface area contributed by atoms with Crippen molar-refractivity contribution in [2.45, 2.75) is 11.6 Å². The van der Waals surface area contributed by atoms with Gasteiger partial charge in [0.15, 0.2) is 0 Å². The van der Waals surface area contributed by atoms with Crippen molar-refractivity contribution in [2.75, 3.05) is 5.75 Å². The van der Waals surface area contributed by atoms with Gasteiger partial charge in [0.2, 0.25) is 0 Å². The molecule has 0 saturated carbocycles. The fourth-order valence-corrected chi connectivity index (χ4v) is 3.80. The molecular formula is C7H10N2O5S2Se. The normalized spacial score (nSPS) is 15.6. The van der Waals surface area contributed by atoms with E-state index in [9.17, 15) is 14.4 Å². The molecule has 0 saturated heterocycles. The van der Waals surface area contributed by atoms with Crippen molar-refractivity contribution in [3.8, 4) is 0 Å². The second-order valence-corrected chi connectivity index (χ2v) is 6.68. The van der Waals surface area contributed by atoms with Gasteiger partial charge in [0.25, 0.3) is 0 Å². The van der Waals surface area contributed by atoms with Gasteiger partial charge in [-0.3, -0.25) is 0 Å². The van der Waals surface area contributed by atoms with Gasteiger partial charge in [-0.1, -0.05) is 0 Å². The van der Waals surface area contributed by atoms with Crippen LogP contribution in [0.1, 0.15) is 0 Å². The van der Waals surface area contributed by atoms with Crippen LogP contribution < -0.4 is 11.5 Å². The number of rotatable bonds is 8. The van der Waals surface area contributed by atoms with Gasteiger partial charge < -0.3 is 0 Å². The van der Waals surface area contributed by atoms with Crippen LogP contribution in [-0.2, 0) is 14.4 Å². The summed E-state index contributed by atoms with van der Waals surface area (Å²) in [6, 6.07) is -1.06. The summed E-state index contributed by atoms with van der Waals surface area (Å²) in [7, 11) is 1.88. The van der Waals surface area contributed by atoms with Crippen LogP contribution in [0.5, 0.6) is 0 Å². The molecular weight excluding hydrogens is 335 g/mol. The summed E-state index contributed by atoms with van der Waals surface area (Å²) in [6.45, 7) is 0. The van der Waals surface area contributed by atoms with Crippen LogP contribution in [0, 0.1) is 0 Å². The van der Waals surface area contributed by atoms with Crippen LogP contribution in [0.2, 0.25) is 0 Å². The molecule has 0 heterocycles. The first-order valence-electron chi connectivity index (χ1n) is 4.06. The predicted octanol–water partition coefficient (Wildman–Crippen LogP) is -1.94. The van der Waals surface area contributed by atoms with Gasteiger partial charge in [-0.05, 0) is 0 Å². The van der Waals surface area contributed by atoms with Crippen LogP contribution in [0.4, 0.5) is 0 Å². The van der Waals surface area contributed by atoms with E-state index in [1.807, 2.05) is 0 Å². The van der Waals surface area contributed by atoms with Crippen LogP contribution in [0.25, 0.3) is 0 Å². The van der Waals surface area contributed by atoms with E-state index in [2.05, 4.69) is 15.6 Å². The third-order valence-corrected chi connectivity index (χ3v) is 5.89. The van der Waals surface area contributed by atoms with Crippen molar-refractivity contribution in [1.82, 2.24) is 0 Å². The predicted molar refractivity (Wildman–Crippen MR) is 67.0 cm³/mol. The molecule has 0 spiro atoms. The molecule has 0 rings (SSSR count). The van der Waals surface area contributed by atoms with Crippen LogP contribution in [-0.4, -0.2) is 65.1 Å². The van der Waals surface area contributed by atoms with Crippen molar-refractivity contribution < 1.29 is 24.6 Å². The van der Waals surface area contributed by atoms with Gasteiger partial charge in [0.1, 0.15) is 0 Å². The number of carbonyl (C=O) groups is 3. The van der Waals surface area contributed by atoms with Gasteiger partial charge in [0.05, 0.1) is 0 Å². The first-order valence-corrected chi connectivity index (χ1v) is 7.24. The number of hydrogen-bond donors (Lipinski definition) is 4. The number of carboxylic acid groups (broad SMARTS) is 2. The molecule has 0 aliphatic heterocycles. The summed E-state index contributed by atoms with van der Waals surface area (Å²) in [5.74, 6) is -2.59. The second kappa shape index (κ2) is 7.14. The number of carboxylic acids is 2. The number of hydrogen-bond acceptors (Lipinski definition) is 7. The molecule has 10 heteroatoms. The standard InChI is InChI=1S/C7H10N2O5S2Se/c8-3(4(11)12)1-15-16-6(17)7(9,2-10)5(13)14/h2-3H,1,8-9H2,(H,11,12)(H,13,14). The first-order chi connectivity index (χ1) is 7.75. The summed E-state index contributed by atoms with van der Waals surface area (Å²) >= 11 is 2.39. The summed E-state index contributed by atoms with van der Waals surface area (Å²) < 4.78 is 0.0302. The van der Waals surface area contributed by atoms with E-state index in [-0.39, 0.29) is 15.8 Å². The average Bonchev–Trinajstić information content (AvgIpc) is 2.26. The van der Waals surface area contributed by atoms with Crippen LogP contribution in [0.15, 0.2) is 0 Å². The third-order valence-electron chi connectivity index (χ3n) is 1.58. The van der Waals surface area contributed by atoms with Crippen LogP contribution >= 0.6 is 21.6 Å². The van der Waals surface area contributed by atoms with E-state index in [1.165, 1.54) is 0 Å². The topological polar surface area (TPSA) is 144 Å². The molecule has 96 valence electrons. The van der Waals surface area contributed by atoms with Crippen molar-refractivity contribution in [3.63, 3.8) is 0 Å². The number of aliphatic carboxylic acids is 2. The Kier molecular flexibility index (Phi) is 6.98. The molecule has 0 aromatic rings. The Morgan fingerprint density at radius 2 is 2.00 bits per heavy atom. The molecule has 0 aromatic heterocycles. The molecule has 0 amide bonds. The molecule has 17 heavy (non-hydrogen) atoms. The van der Waals surface area contributed by atoms with Crippen molar-refractivity contribution in [3.05, 3.63) is 0 Å². The molecule has 2 atom stereocenters. The summed E-state index contributed by atoms with van der Waals surface area (Å²) in [5, 5.41) is 17.3. The quantitative estimate of drug-likeness (QED) is 0.171. The molecule has 0 aliphatic rings. The molecule has 0 fully saturated rings. The average molecular weight is 345 g/mol. The van der Waals surface area contributed by atoms with Gasteiger partial charge in [0, 0.05) is 0 Å². The van der Waals surface area contributed by atoms with Crippen LogP contribution in [0.3, 0.4) is 0 Å². The summed E-state index contributed by atoms with van der Waals surface area (Å²) in [5.41, 5.74) is 8.46. The zero-order valence-corrected chi connectivity index (χ0v) is 11.7. The maximum atomic E-state index is 10.8. The van der Waals surface area contributed by atoms with Crippen molar-refractivity contribution in [1.29, 1.82) is 0 Å². The number of carbonyl (C=O) groups excluding carboxylic acids is 1. The minimum absolute atomic E-state index is 0.0302. The molecule has 0 aliphatic carbocycles. The Morgan fingerprint density at radius 3 is 2.35 bits per heavy atom. The fourth-order valence-electron chi connectivity index (χ4n) is 0.487. The maximum absolute atomic E-state index is 10.8. The minimum atomic E-state index is -2.12. The van der Waals surface area contributed by atoms with Crippen molar-refractivity contribution in [2.24, 2.45) is 11.5 Å².